The van der Waals surface area contributed by atoms with Crippen LogP contribution in [0.4, 0.5) is 0 Å². The molecule has 304 valence electrons. The number of carboxylic acids is 5. The van der Waals surface area contributed by atoms with Gasteiger partial charge in [0.05, 0.1) is 22.3 Å². The summed E-state index contributed by atoms with van der Waals surface area (Å²) in [6, 6.07) is 41.9. The van der Waals surface area contributed by atoms with Crippen LogP contribution in [0.25, 0.3) is 0 Å². The second kappa shape index (κ2) is 24.3. The van der Waals surface area contributed by atoms with Crippen LogP contribution in [0.5, 0.6) is 5.75 Å². The van der Waals surface area contributed by atoms with Crippen LogP contribution in [0.3, 0.4) is 0 Å². The Morgan fingerprint density at radius 1 is 0.397 bits per heavy atom. The van der Waals surface area contributed by atoms with E-state index in [4.69, 9.17) is 56.2 Å². The quantitative estimate of drug-likeness (QED) is 0.100. The number of hydrogen-bond acceptors (Lipinski definition) is 12. The van der Waals surface area contributed by atoms with Crippen molar-refractivity contribution >= 4 is 29.8 Å². The zero-order chi connectivity index (χ0) is 43.8. The predicted octanol–water partition coefficient (Wildman–Crippen LogP) is 5.76. The van der Waals surface area contributed by atoms with Crippen LogP contribution >= 0.6 is 0 Å². The fraction of sp³-hybridized carbons (Fsp3) is 0.0488. The molecular weight excluding hydrogens is 764 g/mol. The van der Waals surface area contributed by atoms with Crippen molar-refractivity contribution < 1.29 is 85.3 Å². The molecule has 2 unspecified atom stereocenters. The van der Waals surface area contributed by atoms with Gasteiger partial charge in [0.15, 0.2) is 17.6 Å². The first-order chi connectivity index (χ1) is 27.4. The van der Waals surface area contributed by atoms with Crippen LogP contribution in [-0.2, 0) is 4.79 Å². The van der Waals surface area contributed by atoms with Crippen molar-refractivity contribution in [2.45, 2.75) is 11.7 Å². The van der Waals surface area contributed by atoms with E-state index >= 15 is 0 Å². The number of carboxylic acid groups (broad SMARTS) is 5. The number of aliphatic hydroxyl groups excluding tert-OH is 5. The van der Waals surface area contributed by atoms with Gasteiger partial charge in [0.25, 0.3) is 5.60 Å². The molecule has 0 radical (unpaired) electrons. The van der Waals surface area contributed by atoms with Crippen LogP contribution in [0.15, 0.2) is 175 Å². The number of carbonyl (C=O) groups is 5. The summed E-state index contributed by atoms with van der Waals surface area (Å²) >= 11 is 0. The molecule has 17 heteroatoms. The lowest BCUT2D eigenvalue weighted by Gasteiger charge is -2.31. The van der Waals surface area contributed by atoms with Crippen LogP contribution in [-0.4, -0.2) is 103 Å². The van der Waals surface area contributed by atoms with Crippen molar-refractivity contribution in [3.63, 3.8) is 0 Å². The summed E-state index contributed by atoms with van der Waals surface area (Å²) in [4.78, 5) is 51.4. The minimum absolute atomic E-state index is 0.322. The molecule has 0 amide bonds. The fourth-order valence-corrected chi connectivity index (χ4v) is 3.84. The first-order valence-electron chi connectivity index (χ1n) is 16.1. The van der Waals surface area contributed by atoms with Gasteiger partial charge in [0.2, 0.25) is 11.5 Å². The van der Waals surface area contributed by atoms with Gasteiger partial charge < -0.3 is 61.3 Å². The lowest BCUT2D eigenvalue weighted by atomic mass is 9.87. The van der Waals surface area contributed by atoms with Gasteiger partial charge in [0.1, 0.15) is 5.75 Å². The first-order valence-corrected chi connectivity index (χ1v) is 16.1. The highest BCUT2D eigenvalue weighted by Gasteiger charge is 2.56. The molecule has 0 saturated carbocycles. The minimum Gasteiger partial charge on any atom is -0.508 e. The maximum Gasteiger partial charge on any atom is 0.347 e. The number of aromatic carboxylic acids is 4. The Bertz CT molecular complexity index is 1920. The lowest BCUT2D eigenvalue weighted by Crippen LogP contribution is -2.54. The number of aliphatic carboxylic acids is 1. The van der Waals surface area contributed by atoms with E-state index in [-0.39, 0.29) is 0 Å². The molecule has 5 aromatic rings. The molecule has 2 atom stereocenters. The molecule has 5 aromatic carbocycles. The zero-order valence-corrected chi connectivity index (χ0v) is 29.9. The van der Waals surface area contributed by atoms with Crippen molar-refractivity contribution in [2.75, 3.05) is 0 Å². The molecule has 1 aliphatic rings. The fourth-order valence-electron chi connectivity index (χ4n) is 3.84. The predicted molar refractivity (Wildman–Crippen MR) is 205 cm³/mol. The van der Waals surface area contributed by atoms with Gasteiger partial charge in [-0.05, 0) is 60.7 Å². The van der Waals surface area contributed by atoms with Crippen molar-refractivity contribution in [1.82, 2.24) is 0 Å². The SMILES string of the molecule is O=C(O)C1(O)C(O)=C(O)C(O)=C(O)C1O.O=C(O)c1ccccc1.O=C(O)c1ccccc1.O=C(O)c1ccccc1.O=C(O)c1ccccc1.Oc1ccccc1. The molecule has 0 bridgehead atoms. The average molecular weight is 803 g/mol. The number of aromatic hydroxyl groups is 1. The summed E-state index contributed by atoms with van der Waals surface area (Å²) in [7, 11) is 0. The molecule has 0 heterocycles. The van der Waals surface area contributed by atoms with Crippen molar-refractivity contribution in [3.8, 4) is 5.75 Å². The Labute approximate surface area is 329 Å². The smallest absolute Gasteiger partial charge is 0.347 e. The van der Waals surface area contributed by atoms with Crippen LogP contribution in [0, 0.1) is 0 Å². The highest BCUT2D eigenvalue weighted by molar-refractivity contribution is 5.88. The van der Waals surface area contributed by atoms with E-state index in [0.29, 0.717) is 28.0 Å². The van der Waals surface area contributed by atoms with Crippen molar-refractivity contribution in [1.29, 1.82) is 0 Å². The molecular formula is C41H38O17. The van der Waals surface area contributed by atoms with E-state index in [9.17, 15) is 29.1 Å². The van der Waals surface area contributed by atoms with Crippen molar-refractivity contribution in [2.24, 2.45) is 0 Å². The Kier molecular flexibility index (Phi) is 20.1. The second-order valence-corrected chi connectivity index (χ2v) is 10.9. The summed E-state index contributed by atoms with van der Waals surface area (Å²) in [5, 5.41) is 105. The van der Waals surface area contributed by atoms with E-state index < -0.39 is 64.6 Å². The standard InChI is InChI=1S/C7H8O8.4C7H6O2.C6H6O/c8-1-2(9)4(11)7(15,6(13)14)5(12)3(1)10;4*8-7(9)6-4-2-1-3-5-6;7-6-4-2-1-3-5-6/h4,8-12,15H,(H,13,14);4*1-5H,(H,8,9);1-5,7H. The van der Waals surface area contributed by atoms with Crippen molar-refractivity contribution in [3.05, 3.63) is 197 Å². The maximum absolute atomic E-state index is 10.6. The van der Waals surface area contributed by atoms with Crippen LogP contribution in [0.2, 0.25) is 0 Å². The molecule has 6 rings (SSSR count). The third-order valence-corrected chi connectivity index (χ3v) is 6.87. The number of aliphatic hydroxyl groups is 6. The summed E-state index contributed by atoms with van der Waals surface area (Å²) in [6.45, 7) is 0. The van der Waals surface area contributed by atoms with Gasteiger partial charge in [-0.1, -0.05) is 91.0 Å². The summed E-state index contributed by atoms with van der Waals surface area (Å²) in [5.74, 6) is -10.9. The Morgan fingerprint density at radius 2 is 0.638 bits per heavy atom. The largest absolute Gasteiger partial charge is 0.508 e. The van der Waals surface area contributed by atoms with Gasteiger partial charge in [-0.2, -0.15) is 0 Å². The minimum atomic E-state index is -3.29. The highest BCUT2D eigenvalue weighted by atomic mass is 16.5. The number of benzene rings is 5. The van der Waals surface area contributed by atoms with E-state index in [1.165, 1.54) is 0 Å². The number of para-hydroxylation sites is 1. The molecule has 58 heavy (non-hydrogen) atoms. The summed E-state index contributed by atoms with van der Waals surface area (Å²) in [6.07, 6.45) is -2.48. The van der Waals surface area contributed by atoms with E-state index in [1.54, 1.807) is 146 Å². The maximum atomic E-state index is 10.6. The van der Waals surface area contributed by atoms with Gasteiger partial charge in [0, 0.05) is 0 Å². The number of phenolic OH excluding ortho intramolecular Hbond substituents is 1. The topological polar surface area (TPSA) is 328 Å². The molecule has 17 nitrogen and oxygen atoms in total. The second-order valence-electron chi connectivity index (χ2n) is 10.9. The molecule has 0 spiro atoms. The Hall–Kier alpha value is -8.15. The number of rotatable bonds is 5. The average Bonchev–Trinajstić information content (AvgIpc) is 3.24. The summed E-state index contributed by atoms with van der Waals surface area (Å²) < 4.78 is 0. The Morgan fingerprint density at radius 3 is 0.810 bits per heavy atom. The number of hydrogen-bond donors (Lipinski definition) is 12. The van der Waals surface area contributed by atoms with Crippen LogP contribution < -0.4 is 0 Å². The molecule has 0 aliphatic heterocycles. The zero-order valence-electron chi connectivity index (χ0n) is 29.9. The van der Waals surface area contributed by atoms with Gasteiger partial charge in [-0.25, -0.2) is 24.0 Å². The molecule has 1 aliphatic carbocycles. The molecule has 0 aromatic heterocycles. The van der Waals surface area contributed by atoms with Gasteiger partial charge in [-0.3, -0.25) is 0 Å². The summed E-state index contributed by atoms with van der Waals surface area (Å²) in [5.41, 5.74) is -1.97. The highest BCUT2D eigenvalue weighted by Crippen LogP contribution is 2.33. The number of phenols is 1. The molecule has 0 fully saturated rings. The molecule has 12 N–H and O–H groups in total. The van der Waals surface area contributed by atoms with Gasteiger partial charge >= 0.3 is 29.8 Å². The van der Waals surface area contributed by atoms with E-state index in [2.05, 4.69) is 0 Å². The van der Waals surface area contributed by atoms with Crippen LogP contribution in [0.1, 0.15) is 41.4 Å². The Balaban J connectivity index is 0.000000354. The third-order valence-electron chi connectivity index (χ3n) is 6.87. The van der Waals surface area contributed by atoms with E-state index in [1.807, 2.05) is 6.07 Å². The third kappa shape index (κ3) is 15.7. The lowest BCUT2D eigenvalue weighted by molar-refractivity contribution is -0.170. The monoisotopic (exact) mass is 802 g/mol. The normalized spacial score (nSPS) is 14.8. The van der Waals surface area contributed by atoms with Gasteiger partial charge in [-0.15, -0.1) is 0 Å². The molecule has 0 saturated heterocycles. The van der Waals surface area contributed by atoms with E-state index in [0.717, 1.165) is 0 Å². The first kappa shape index (κ1) is 47.9.